The normalized spacial score (nSPS) is 11.7. The van der Waals surface area contributed by atoms with Crippen molar-refractivity contribution in [3.63, 3.8) is 0 Å². The lowest BCUT2D eigenvalue weighted by atomic mass is 10.2. The molecule has 0 aliphatic rings. The number of allylic oxidation sites excluding steroid dienone is 1. The average molecular weight is 154 g/mol. The number of hydrogen-bond acceptors (Lipinski definition) is 2. The van der Waals surface area contributed by atoms with Crippen molar-refractivity contribution in [2.75, 3.05) is 0 Å². The van der Waals surface area contributed by atoms with Gasteiger partial charge >= 0.3 is 5.97 Å². The molecule has 2 heteroatoms. The lowest BCUT2D eigenvalue weighted by Crippen LogP contribution is -2.12. The Labute approximate surface area is 67.6 Å². The summed E-state index contributed by atoms with van der Waals surface area (Å²) in [5, 5.41) is 0. The first-order valence-corrected chi connectivity index (χ1v) is 3.64. The highest BCUT2D eigenvalue weighted by atomic mass is 16.5. The summed E-state index contributed by atoms with van der Waals surface area (Å²) in [5.41, 5.74) is 0. The second-order valence-corrected chi connectivity index (χ2v) is 2.32. The van der Waals surface area contributed by atoms with E-state index in [9.17, 15) is 4.79 Å². The van der Waals surface area contributed by atoms with Crippen molar-refractivity contribution >= 4 is 5.97 Å². The van der Waals surface area contributed by atoms with E-state index < -0.39 is 0 Å². The minimum Gasteiger partial charge on any atom is -0.460 e. The van der Waals surface area contributed by atoms with Crippen molar-refractivity contribution in [1.29, 1.82) is 0 Å². The van der Waals surface area contributed by atoms with E-state index in [0.29, 0.717) is 0 Å². The van der Waals surface area contributed by atoms with Gasteiger partial charge in [-0.05, 0) is 19.8 Å². The molecule has 0 N–H and O–H groups in total. The van der Waals surface area contributed by atoms with Gasteiger partial charge in [0.1, 0.15) is 0 Å². The van der Waals surface area contributed by atoms with E-state index in [4.69, 9.17) is 4.74 Å². The molecular weight excluding hydrogens is 140 g/mol. The van der Waals surface area contributed by atoms with Crippen molar-refractivity contribution in [2.24, 2.45) is 0 Å². The molecule has 0 aliphatic heterocycles. The van der Waals surface area contributed by atoms with Gasteiger partial charge in [-0.25, -0.2) is 4.79 Å². The first-order chi connectivity index (χ1) is 5.20. The lowest BCUT2D eigenvalue weighted by molar-refractivity contribution is -0.142. The molecule has 0 fully saturated rings. The Morgan fingerprint density at radius 1 is 1.64 bits per heavy atom. The van der Waals surface area contributed by atoms with E-state index in [1.165, 1.54) is 6.08 Å². The molecule has 0 aromatic heterocycles. The van der Waals surface area contributed by atoms with Gasteiger partial charge in [-0.3, -0.25) is 0 Å². The van der Waals surface area contributed by atoms with Gasteiger partial charge in [-0.2, -0.15) is 0 Å². The third-order valence-electron chi connectivity index (χ3n) is 1.26. The summed E-state index contributed by atoms with van der Waals surface area (Å²) in [5.74, 6) is -0.360. The van der Waals surface area contributed by atoms with Gasteiger partial charge in [-0.1, -0.05) is 12.7 Å². The van der Waals surface area contributed by atoms with Crippen molar-refractivity contribution in [2.45, 2.75) is 25.9 Å². The van der Waals surface area contributed by atoms with Crippen LogP contribution in [0.1, 0.15) is 19.8 Å². The summed E-state index contributed by atoms with van der Waals surface area (Å²) in [6.45, 7) is 8.72. The number of ether oxygens (including phenoxy) is 1. The second-order valence-electron chi connectivity index (χ2n) is 2.32. The molecular formula is C9H14O2. The third-order valence-corrected chi connectivity index (χ3v) is 1.26. The van der Waals surface area contributed by atoms with Gasteiger partial charge in [0.25, 0.3) is 0 Å². The molecule has 0 saturated carbocycles. The zero-order chi connectivity index (χ0) is 8.69. The van der Waals surface area contributed by atoms with Crippen LogP contribution in [0.25, 0.3) is 0 Å². The van der Waals surface area contributed by atoms with Gasteiger partial charge < -0.3 is 4.74 Å². The van der Waals surface area contributed by atoms with Crippen LogP contribution in [0.5, 0.6) is 0 Å². The van der Waals surface area contributed by atoms with E-state index in [1.54, 1.807) is 6.08 Å². The van der Waals surface area contributed by atoms with Crippen LogP contribution in [-0.4, -0.2) is 12.1 Å². The summed E-state index contributed by atoms with van der Waals surface area (Å²) in [6.07, 6.45) is 4.62. The molecule has 1 unspecified atom stereocenters. The fourth-order valence-electron chi connectivity index (χ4n) is 0.658. The Hall–Kier alpha value is -1.05. The largest absolute Gasteiger partial charge is 0.460 e. The summed E-state index contributed by atoms with van der Waals surface area (Å²) < 4.78 is 4.90. The first kappa shape index (κ1) is 9.95. The Morgan fingerprint density at radius 2 is 2.27 bits per heavy atom. The van der Waals surface area contributed by atoms with Crippen molar-refractivity contribution < 1.29 is 9.53 Å². The highest BCUT2D eigenvalue weighted by Crippen LogP contribution is 2.01. The van der Waals surface area contributed by atoms with Gasteiger partial charge in [0, 0.05) is 6.08 Å². The Balaban J connectivity index is 3.50. The number of carbonyl (C=O) groups is 1. The maximum atomic E-state index is 10.6. The Morgan fingerprint density at radius 3 is 2.73 bits per heavy atom. The summed E-state index contributed by atoms with van der Waals surface area (Å²) in [4.78, 5) is 10.6. The van der Waals surface area contributed by atoms with Crippen molar-refractivity contribution in [3.8, 4) is 0 Å². The van der Waals surface area contributed by atoms with Crippen LogP contribution in [0.15, 0.2) is 25.3 Å². The van der Waals surface area contributed by atoms with Crippen LogP contribution in [0, 0.1) is 0 Å². The molecule has 0 rings (SSSR count). The van der Waals surface area contributed by atoms with Crippen LogP contribution >= 0.6 is 0 Å². The van der Waals surface area contributed by atoms with Crippen LogP contribution < -0.4 is 0 Å². The lowest BCUT2D eigenvalue weighted by Gasteiger charge is -2.09. The van der Waals surface area contributed by atoms with E-state index in [1.807, 2.05) is 6.92 Å². The zero-order valence-electron chi connectivity index (χ0n) is 6.88. The van der Waals surface area contributed by atoms with Crippen LogP contribution in [0.2, 0.25) is 0 Å². The monoisotopic (exact) mass is 154 g/mol. The second kappa shape index (κ2) is 5.71. The van der Waals surface area contributed by atoms with Gasteiger partial charge in [0.2, 0.25) is 0 Å². The molecule has 0 radical (unpaired) electrons. The molecule has 0 bridgehead atoms. The summed E-state index contributed by atoms with van der Waals surface area (Å²) in [6, 6.07) is 0. The fraction of sp³-hybridized carbons (Fsp3) is 0.444. The molecule has 1 atom stereocenters. The maximum Gasteiger partial charge on any atom is 0.330 e. The van der Waals surface area contributed by atoms with Crippen LogP contribution in [0.4, 0.5) is 0 Å². The molecule has 62 valence electrons. The van der Waals surface area contributed by atoms with E-state index in [2.05, 4.69) is 13.2 Å². The van der Waals surface area contributed by atoms with Gasteiger partial charge in [0.15, 0.2) is 0 Å². The third kappa shape index (κ3) is 5.40. The molecule has 2 nitrogen and oxygen atoms in total. The number of esters is 1. The topological polar surface area (TPSA) is 26.3 Å². The van der Waals surface area contributed by atoms with Gasteiger partial charge in [-0.15, -0.1) is 6.58 Å². The molecule has 0 aliphatic carbocycles. The first-order valence-electron chi connectivity index (χ1n) is 3.64. The standard InChI is InChI=1S/C9H14O2/c1-4-6-7-8(3)11-9(10)5-2/h4-5,8H,1-2,6-7H2,3H3. The van der Waals surface area contributed by atoms with E-state index in [-0.39, 0.29) is 12.1 Å². The summed E-state index contributed by atoms with van der Waals surface area (Å²) >= 11 is 0. The Kier molecular flexibility index (Phi) is 5.17. The smallest absolute Gasteiger partial charge is 0.330 e. The molecule has 0 amide bonds. The fourth-order valence-corrected chi connectivity index (χ4v) is 0.658. The van der Waals surface area contributed by atoms with Crippen molar-refractivity contribution in [3.05, 3.63) is 25.3 Å². The molecule has 0 aromatic carbocycles. The average Bonchev–Trinajstić information content (AvgIpc) is 2.00. The molecule has 0 saturated heterocycles. The quantitative estimate of drug-likeness (QED) is 0.344. The minimum absolute atomic E-state index is 0.0431. The minimum atomic E-state index is -0.360. The highest BCUT2D eigenvalue weighted by molar-refractivity contribution is 5.81. The number of carbonyl (C=O) groups excluding carboxylic acids is 1. The molecule has 0 heterocycles. The summed E-state index contributed by atoms with van der Waals surface area (Å²) in [7, 11) is 0. The molecule has 11 heavy (non-hydrogen) atoms. The maximum absolute atomic E-state index is 10.6. The van der Waals surface area contributed by atoms with E-state index >= 15 is 0 Å². The SMILES string of the molecule is C=CCCC(C)OC(=O)C=C. The van der Waals surface area contributed by atoms with Crippen molar-refractivity contribution in [1.82, 2.24) is 0 Å². The highest BCUT2D eigenvalue weighted by Gasteiger charge is 2.03. The van der Waals surface area contributed by atoms with Gasteiger partial charge in [0.05, 0.1) is 6.10 Å². The number of hydrogen-bond donors (Lipinski definition) is 0. The predicted octanol–water partition coefficient (Wildman–Crippen LogP) is 2.07. The van der Waals surface area contributed by atoms with E-state index in [0.717, 1.165) is 12.8 Å². The molecule has 0 aromatic rings. The molecule has 0 spiro atoms. The van der Waals surface area contributed by atoms with Crippen LogP contribution in [0.3, 0.4) is 0 Å². The zero-order valence-corrected chi connectivity index (χ0v) is 6.88. The Bertz CT molecular complexity index is 150. The van der Waals surface area contributed by atoms with Crippen LogP contribution in [-0.2, 0) is 9.53 Å². The number of rotatable bonds is 5. The predicted molar refractivity (Wildman–Crippen MR) is 45.2 cm³/mol.